The maximum absolute atomic E-state index is 11.1. The number of hydrogen-bond donors (Lipinski definition) is 1. The van der Waals surface area contributed by atoms with E-state index >= 15 is 0 Å². The Balaban J connectivity index is 2.31. The molecule has 1 aromatic carbocycles. The predicted molar refractivity (Wildman–Crippen MR) is 66.5 cm³/mol. The first-order valence-corrected chi connectivity index (χ1v) is 5.56. The van der Waals surface area contributed by atoms with E-state index in [1.54, 1.807) is 36.2 Å². The lowest BCUT2D eigenvalue weighted by atomic mass is 10.0. The van der Waals surface area contributed by atoms with Gasteiger partial charge < -0.3 is 9.84 Å². The molecular weight excluding hydrogens is 232 g/mol. The van der Waals surface area contributed by atoms with Gasteiger partial charge in [0.1, 0.15) is 0 Å². The van der Waals surface area contributed by atoms with Gasteiger partial charge in [0, 0.05) is 18.9 Å². The number of nitrogens with zero attached hydrogens (tertiary/aromatic N) is 2. The second kappa shape index (κ2) is 5.46. The molecule has 18 heavy (non-hydrogen) atoms. The van der Waals surface area contributed by atoms with Crippen molar-refractivity contribution in [3.63, 3.8) is 0 Å². The quantitative estimate of drug-likeness (QED) is 0.875. The minimum atomic E-state index is -0.935. The third-order valence-corrected chi connectivity index (χ3v) is 2.63. The fourth-order valence-electron chi connectivity index (χ4n) is 1.73. The standard InChI is InChI=1S/C13H14N2O3/c1-18-7-6-15-9-10(8-14-15)11-4-2-3-5-12(11)13(16)17/h2-5,8-9H,6-7H2,1H3,(H,16,17). The van der Waals surface area contributed by atoms with Gasteiger partial charge in [0.15, 0.2) is 0 Å². The monoisotopic (exact) mass is 246 g/mol. The van der Waals surface area contributed by atoms with Gasteiger partial charge in [-0.3, -0.25) is 4.68 Å². The molecule has 1 aromatic heterocycles. The summed E-state index contributed by atoms with van der Waals surface area (Å²) in [6, 6.07) is 6.89. The van der Waals surface area contributed by atoms with E-state index in [4.69, 9.17) is 9.84 Å². The van der Waals surface area contributed by atoms with Crippen LogP contribution in [0.2, 0.25) is 0 Å². The summed E-state index contributed by atoms with van der Waals surface area (Å²) in [6.07, 6.45) is 3.48. The number of rotatable bonds is 5. The molecule has 5 nitrogen and oxygen atoms in total. The van der Waals surface area contributed by atoms with Crippen LogP contribution in [0.1, 0.15) is 10.4 Å². The van der Waals surface area contributed by atoms with Gasteiger partial charge in [-0.1, -0.05) is 18.2 Å². The van der Waals surface area contributed by atoms with Gasteiger partial charge in [0.05, 0.1) is 24.9 Å². The summed E-state index contributed by atoms with van der Waals surface area (Å²) in [5.74, 6) is -0.935. The molecule has 0 aliphatic heterocycles. The van der Waals surface area contributed by atoms with Gasteiger partial charge in [0.25, 0.3) is 0 Å². The van der Waals surface area contributed by atoms with Crippen LogP contribution in [0.3, 0.4) is 0 Å². The molecule has 0 aliphatic rings. The number of benzene rings is 1. The van der Waals surface area contributed by atoms with Crippen LogP contribution in [0.25, 0.3) is 11.1 Å². The number of carboxylic acid groups (broad SMARTS) is 1. The molecule has 1 heterocycles. The second-order valence-corrected chi connectivity index (χ2v) is 3.84. The molecule has 1 N–H and O–H groups in total. The van der Waals surface area contributed by atoms with Crippen molar-refractivity contribution in [2.24, 2.45) is 0 Å². The van der Waals surface area contributed by atoms with Gasteiger partial charge >= 0.3 is 5.97 Å². The third-order valence-electron chi connectivity index (χ3n) is 2.63. The highest BCUT2D eigenvalue weighted by Crippen LogP contribution is 2.23. The van der Waals surface area contributed by atoms with E-state index in [0.717, 1.165) is 5.56 Å². The maximum atomic E-state index is 11.1. The normalized spacial score (nSPS) is 10.5. The van der Waals surface area contributed by atoms with Crippen LogP contribution in [0.5, 0.6) is 0 Å². The van der Waals surface area contributed by atoms with Crippen LogP contribution < -0.4 is 0 Å². The lowest BCUT2D eigenvalue weighted by Crippen LogP contribution is -2.04. The van der Waals surface area contributed by atoms with Crippen LogP contribution in [0.4, 0.5) is 0 Å². The van der Waals surface area contributed by atoms with Gasteiger partial charge in [-0.15, -0.1) is 0 Å². The van der Waals surface area contributed by atoms with Crippen molar-refractivity contribution in [3.05, 3.63) is 42.2 Å². The van der Waals surface area contributed by atoms with Crippen molar-refractivity contribution in [3.8, 4) is 11.1 Å². The van der Waals surface area contributed by atoms with Gasteiger partial charge in [0.2, 0.25) is 0 Å². The number of aromatic nitrogens is 2. The molecule has 2 aromatic rings. The fourth-order valence-corrected chi connectivity index (χ4v) is 1.73. The lowest BCUT2D eigenvalue weighted by Gasteiger charge is -2.02. The molecule has 0 atom stereocenters. The van der Waals surface area contributed by atoms with E-state index in [-0.39, 0.29) is 5.56 Å². The molecule has 0 aliphatic carbocycles. The van der Waals surface area contributed by atoms with E-state index in [0.29, 0.717) is 18.7 Å². The van der Waals surface area contributed by atoms with Crippen molar-refractivity contribution >= 4 is 5.97 Å². The highest BCUT2D eigenvalue weighted by Gasteiger charge is 2.11. The molecule has 0 radical (unpaired) electrons. The van der Waals surface area contributed by atoms with Gasteiger partial charge in [-0.05, 0) is 11.6 Å². The first-order chi connectivity index (χ1) is 8.72. The molecule has 0 fully saturated rings. The Labute approximate surface area is 105 Å². The Morgan fingerprint density at radius 1 is 1.44 bits per heavy atom. The molecule has 0 amide bonds. The minimum Gasteiger partial charge on any atom is -0.478 e. The van der Waals surface area contributed by atoms with Crippen molar-refractivity contribution in [1.29, 1.82) is 0 Å². The lowest BCUT2D eigenvalue weighted by molar-refractivity contribution is 0.0697. The molecule has 0 spiro atoms. The maximum Gasteiger partial charge on any atom is 0.336 e. The summed E-state index contributed by atoms with van der Waals surface area (Å²) >= 11 is 0. The molecule has 94 valence electrons. The van der Waals surface area contributed by atoms with E-state index in [1.807, 2.05) is 12.3 Å². The molecule has 0 bridgehead atoms. The predicted octanol–water partition coefficient (Wildman–Crippen LogP) is 1.89. The van der Waals surface area contributed by atoms with Crippen molar-refractivity contribution in [2.45, 2.75) is 6.54 Å². The topological polar surface area (TPSA) is 64.3 Å². The van der Waals surface area contributed by atoms with Crippen LogP contribution in [-0.2, 0) is 11.3 Å². The zero-order valence-corrected chi connectivity index (χ0v) is 10.0. The van der Waals surface area contributed by atoms with Crippen molar-refractivity contribution in [1.82, 2.24) is 9.78 Å². The highest BCUT2D eigenvalue weighted by molar-refractivity contribution is 5.95. The Hall–Kier alpha value is -2.14. The molecule has 0 saturated heterocycles. The third kappa shape index (κ3) is 2.57. The Kier molecular flexibility index (Phi) is 3.74. The highest BCUT2D eigenvalue weighted by atomic mass is 16.5. The van der Waals surface area contributed by atoms with Crippen molar-refractivity contribution < 1.29 is 14.6 Å². The average molecular weight is 246 g/mol. The van der Waals surface area contributed by atoms with Gasteiger partial charge in [-0.2, -0.15) is 5.10 Å². The molecule has 0 unspecified atom stereocenters. The summed E-state index contributed by atoms with van der Waals surface area (Å²) in [5, 5.41) is 13.3. The second-order valence-electron chi connectivity index (χ2n) is 3.84. The summed E-state index contributed by atoms with van der Waals surface area (Å²) in [6.45, 7) is 1.22. The average Bonchev–Trinajstić information content (AvgIpc) is 2.85. The van der Waals surface area contributed by atoms with E-state index in [2.05, 4.69) is 5.10 Å². The first kappa shape index (κ1) is 12.3. The number of aromatic carboxylic acids is 1. The number of carbonyl (C=O) groups is 1. The zero-order chi connectivity index (χ0) is 13.0. The summed E-state index contributed by atoms with van der Waals surface area (Å²) in [4.78, 5) is 11.1. The van der Waals surface area contributed by atoms with Crippen LogP contribution >= 0.6 is 0 Å². The Bertz CT molecular complexity index is 549. The Morgan fingerprint density at radius 2 is 2.22 bits per heavy atom. The van der Waals surface area contributed by atoms with Crippen LogP contribution in [-0.4, -0.2) is 34.6 Å². The van der Waals surface area contributed by atoms with Gasteiger partial charge in [-0.25, -0.2) is 4.79 Å². The first-order valence-electron chi connectivity index (χ1n) is 5.56. The molecule has 5 heteroatoms. The van der Waals surface area contributed by atoms with Crippen LogP contribution in [0, 0.1) is 0 Å². The smallest absolute Gasteiger partial charge is 0.336 e. The zero-order valence-electron chi connectivity index (χ0n) is 10.0. The number of methoxy groups -OCH3 is 1. The summed E-state index contributed by atoms with van der Waals surface area (Å²) in [7, 11) is 1.63. The van der Waals surface area contributed by atoms with E-state index in [9.17, 15) is 4.79 Å². The molecular formula is C13H14N2O3. The minimum absolute atomic E-state index is 0.281. The van der Waals surface area contributed by atoms with E-state index < -0.39 is 5.97 Å². The number of carboxylic acids is 1. The number of ether oxygens (including phenoxy) is 1. The largest absolute Gasteiger partial charge is 0.478 e. The Morgan fingerprint density at radius 3 is 2.94 bits per heavy atom. The van der Waals surface area contributed by atoms with Crippen LogP contribution in [0.15, 0.2) is 36.7 Å². The summed E-state index contributed by atoms with van der Waals surface area (Å²) in [5.41, 5.74) is 1.75. The fraction of sp³-hybridized carbons (Fsp3) is 0.231. The molecule has 0 saturated carbocycles. The number of hydrogen-bond acceptors (Lipinski definition) is 3. The summed E-state index contributed by atoms with van der Waals surface area (Å²) < 4.78 is 6.70. The molecule has 2 rings (SSSR count). The van der Waals surface area contributed by atoms with E-state index in [1.165, 1.54) is 0 Å². The SMILES string of the molecule is COCCn1cc(-c2ccccc2C(=O)O)cn1. The van der Waals surface area contributed by atoms with Crippen molar-refractivity contribution in [2.75, 3.05) is 13.7 Å².